The van der Waals surface area contributed by atoms with Gasteiger partial charge in [0.1, 0.15) is 17.7 Å². The molecule has 29 heavy (non-hydrogen) atoms. The number of carbonyl (C=O) groups excluding carboxylic acids is 1. The summed E-state index contributed by atoms with van der Waals surface area (Å²) < 4.78 is 5.65. The molecule has 7 heteroatoms. The molecule has 2 saturated heterocycles. The molecule has 0 saturated carbocycles. The van der Waals surface area contributed by atoms with Crippen LogP contribution >= 0.6 is 0 Å². The predicted octanol–water partition coefficient (Wildman–Crippen LogP) is 2.66. The fourth-order valence-corrected chi connectivity index (χ4v) is 4.88. The third-order valence-electron chi connectivity index (χ3n) is 6.69. The third kappa shape index (κ3) is 3.62. The summed E-state index contributed by atoms with van der Waals surface area (Å²) in [7, 11) is 0. The first-order valence-corrected chi connectivity index (χ1v) is 10.7. The zero-order chi connectivity index (χ0) is 20.3. The fraction of sp³-hybridized carbons (Fsp3) is 0.636. The lowest BCUT2D eigenvalue weighted by Gasteiger charge is -2.43. The normalized spacial score (nSPS) is 26.5. The minimum absolute atomic E-state index is 0.0335. The molecule has 1 unspecified atom stereocenters. The number of allylic oxidation sites excluding steroid dienone is 2. The van der Waals surface area contributed by atoms with E-state index in [1.165, 1.54) is 0 Å². The van der Waals surface area contributed by atoms with Crippen molar-refractivity contribution in [2.45, 2.75) is 51.5 Å². The SMILES string of the molecule is CCC1(C(=C(C#N)C(=O)N2CCCCC2)N2C=NC3CN=CC=C32)CCOCC1. The minimum atomic E-state index is -0.273. The summed E-state index contributed by atoms with van der Waals surface area (Å²) in [5.74, 6) is -0.136. The van der Waals surface area contributed by atoms with Crippen LogP contribution < -0.4 is 0 Å². The first-order valence-electron chi connectivity index (χ1n) is 10.7. The van der Waals surface area contributed by atoms with E-state index < -0.39 is 0 Å². The van der Waals surface area contributed by atoms with Crippen LogP contribution in [-0.2, 0) is 9.53 Å². The second-order valence-corrected chi connectivity index (χ2v) is 8.19. The number of ether oxygens (including phenoxy) is 1. The zero-order valence-electron chi connectivity index (χ0n) is 17.1. The monoisotopic (exact) mass is 395 g/mol. The van der Waals surface area contributed by atoms with Gasteiger partial charge in [-0.3, -0.25) is 14.8 Å². The zero-order valence-corrected chi connectivity index (χ0v) is 17.1. The van der Waals surface area contributed by atoms with Gasteiger partial charge in [-0.1, -0.05) is 6.92 Å². The Balaban J connectivity index is 1.82. The van der Waals surface area contributed by atoms with Crippen LogP contribution in [0.3, 0.4) is 0 Å². The Bertz CT molecular complexity index is 808. The van der Waals surface area contributed by atoms with E-state index in [9.17, 15) is 10.1 Å². The Morgan fingerprint density at radius 3 is 2.76 bits per heavy atom. The summed E-state index contributed by atoms with van der Waals surface area (Å²) >= 11 is 0. The molecular formula is C22H29N5O2. The highest BCUT2D eigenvalue weighted by molar-refractivity contribution is 5.99. The summed E-state index contributed by atoms with van der Waals surface area (Å²) in [4.78, 5) is 26.3. The van der Waals surface area contributed by atoms with E-state index >= 15 is 0 Å². The fourth-order valence-electron chi connectivity index (χ4n) is 4.88. The number of piperidine rings is 1. The molecule has 1 atom stereocenters. The van der Waals surface area contributed by atoms with Crippen molar-refractivity contribution in [3.8, 4) is 6.07 Å². The third-order valence-corrected chi connectivity index (χ3v) is 6.69. The molecule has 0 radical (unpaired) electrons. The maximum Gasteiger partial charge on any atom is 0.266 e. The standard InChI is InChI=1S/C22H29N5O2/c1-2-22(7-12-29-13-8-22)20(27-16-25-18-15-24-9-6-19(18)27)17(14-23)21(28)26-10-4-3-5-11-26/h6,9,16,18H,2-5,7-8,10-13,15H2,1H3. The Morgan fingerprint density at radius 1 is 1.31 bits per heavy atom. The number of carbonyl (C=O) groups is 1. The molecule has 1 amide bonds. The number of likely N-dealkylation sites (tertiary alicyclic amines) is 1. The lowest BCUT2D eigenvalue weighted by Crippen LogP contribution is -2.43. The van der Waals surface area contributed by atoms with Gasteiger partial charge in [-0.25, -0.2) is 0 Å². The van der Waals surface area contributed by atoms with E-state index in [2.05, 4.69) is 23.0 Å². The average Bonchev–Trinajstić information content (AvgIpc) is 3.21. The summed E-state index contributed by atoms with van der Waals surface area (Å²) in [6, 6.07) is 2.28. The molecule has 0 spiro atoms. The molecule has 7 nitrogen and oxygen atoms in total. The van der Waals surface area contributed by atoms with Gasteiger partial charge in [0, 0.05) is 37.9 Å². The van der Waals surface area contributed by atoms with Crippen molar-refractivity contribution >= 4 is 18.5 Å². The Morgan fingerprint density at radius 2 is 2.07 bits per heavy atom. The van der Waals surface area contributed by atoms with Crippen molar-refractivity contribution in [3.63, 3.8) is 0 Å². The number of dihydropyridines is 1. The molecular weight excluding hydrogens is 366 g/mol. The number of hydrogen-bond donors (Lipinski definition) is 0. The quantitative estimate of drug-likeness (QED) is 0.541. The highest BCUT2D eigenvalue weighted by Crippen LogP contribution is 2.46. The van der Waals surface area contributed by atoms with E-state index in [4.69, 9.17) is 4.74 Å². The number of hydrogen-bond acceptors (Lipinski definition) is 6. The maximum atomic E-state index is 13.5. The first-order chi connectivity index (χ1) is 14.2. The van der Waals surface area contributed by atoms with Gasteiger partial charge in [-0.05, 0) is 44.6 Å². The van der Waals surface area contributed by atoms with Crippen molar-refractivity contribution < 1.29 is 9.53 Å². The lowest BCUT2D eigenvalue weighted by atomic mass is 9.72. The largest absolute Gasteiger partial charge is 0.381 e. The van der Waals surface area contributed by atoms with Gasteiger partial charge in [0.25, 0.3) is 5.91 Å². The highest BCUT2D eigenvalue weighted by atomic mass is 16.5. The topological polar surface area (TPSA) is 81.3 Å². The molecule has 0 aromatic heterocycles. The van der Waals surface area contributed by atoms with E-state index in [1.807, 2.05) is 15.9 Å². The molecule has 4 heterocycles. The first kappa shape index (κ1) is 19.8. The minimum Gasteiger partial charge on any atom is -0.381 e. The predicted molar refractivity (Wildman–Crippen MR) is 111 cm³/mol. The van der Waals surface area contributed by atoms with Crippen molar-refractivity contribution in [1.29, 1.82) is 5.26 Å². The molecule has 0 N–H and O–H groups in total. The van der Waals surface area contributed by atoms with Crippen molar-refractivity contribution in [2.24, 2.45) is 15.4 Å². The number of fused-ring (bicyclic) bond motifs is 1. The lowest BCUT2D eigenvalue weighted by molar-refractivity contribution is -0.127. The number of nitriles is 1. The molecule has 2 fully saturated rings. The van der Waals surface area contributed by atoms with Gasteiger partial charge in [0.05, 0.1) is 24.3 Å². The Labute approximate surface area is 172 Å². The second kappa shape index (κ2) is 8.50. The van der Waals surface area contributed by atoms with Crippen LogP contribution in [0.5, 0.6) is 0 Å². The molecule has 4 rings (SSSR count). The van der Waals surface area contributed by atoms with E-state index in [-0.39, 0.29) is 22.9 Å². The van der Waals surface area contributed by atoms with Crippen molar-refractivity contribution in [2.75, 3.05) is 32.8 Å². The second-order valence-electron chi connectivity index (χ2n) is 8.19. The van der Waals surface area contributed by atoms with Gasteiger partial charge >= 0.3 is 0 Å². The van der Waals surface area contributed by atoms with Gasteiger partial charge in [-0.2, -0.15) is 5.26 Å². The van der Waals surface area contributed by atoms with Gasteiger partial charge in [-0.15, -0.1) is 0 Å². The number of aliphatic imine (C=N–C) groups is 2. The molecule has 4 aliphatic heterocycles. The van der Waals surface area contributed by atoms with E-state index in [0.29, 0.717) is 19.8 Å². The van der Waals surface area contributed by atoms with Crippen molar-refractivity contribution in [3.05, 3.63) is 23.0 Å². The Hall–Kier alpha value is -2.46. The summed E-state index contributed by atoms with van der Waals surface area (Å²) in [6.07, 6.45) is 11.2. The number of amides is 1. The number of rotatable bonds is 4. The Kier molecular flexibility index (Phi) is 5.81. The van der Waals surface area contributed by atoms with Gasteiger partial charge in [0.2, 0.25) is 0 Å². The average molecular weight is 396 g/mol. The van der Waals surface area contributed by atoms with E-state index in [0.717, 1.165) is 63.0 Å². The van der Waals surface area contributed by atoms with E-state index in [1.54, 1.807) is 12.6 Å². The van der Waals surface area contributed by atoms with Crippen LogP contribution in [0.15, 0.2) is 33.0 Å². The molecule has 0 aromatic rings. The molecule has 0 aliphatic carbocycles. The summed E-state index contributed by atoms with van der Waals surface area (Å²) in [5, 5.41) is 10.2. The maximum absolute atomic E-state index is 13.5. The highest BCUT2D eigenvalue weighted by Gasteiger charge is 2.44. The van der Waals surface area contributed by atoms with Crippen LogP contribution in [0, 0.1) is 16.7 Å². The number of nitrogens with zero attached hydrogens (tertiary/aromatic N) is 5. The molecule has 154 valence electrons. The smallest absolute Gasteiger partial charge is 0.266 e. The van der Waals surface area contributed by atoms with Crippen LogP contribution in [-0.4, -0.2) is 67.2 Å². The van der Waals surface area contributed by atoms with Gasteiger partial charge in [0.15, 0.2) is 0 Å². The molecule has 0 aromatic carbocycles. The molecule has 0 bridgehead atoms. The summed E-state index contributed by atoms with van der Waals surface area (Å²) in [5.41, 5.74) is 1.82. The van der Waals surface area contributed by atoms with Crippen LogP contribution in [0.2, 0.25) is 0 Å². The van der Waals surface area contributed by atoms with Crippen LogP contribution in [0.25, 0.3) is 0 Å². The van der Waals surface area contributed by atoms with Crippen LogP contribution in [0.1, 0.15) is 45.4 Å². The molecule has 4 aliphatic rings. The summed E-state index contributed by atoms with van der Waals surface area (Å²) in [6.45, 7) is 5.49. The van der Waals surface area contributed by atoms with Gasteiger partial charge < -0.3 is 14.5 Å². The van der Waals surface area contributed by atoms with Crippen molar-refractivity contribution in [1.82, 2.24) is 9.80 Å². The van der Waals surface area contributed by atoms with Crippen LogP contribution in [0.4, 0.5) is 0 Å².